The molecule has 0 saturated heterocycles. The van der Waals surface area contributed by atoms with E-state index in [1.165, 1.54) is 0 Å². The van der Waals surface area contributed by atoms with Crippen molar-refractivity contribution < 1.29 is 19.4 Å². The van der Waals surface area contributed by atoms with Gasteiger partial charge in [-0.2, -0.15) is 0 Å². The molecule has 0 atom stereocenters. The van der Waals surface area contributed by atoms with Crippen molar-refractivity contribution in [1.82, 2.24) is 0 Å². The van der Waals surface area contributed by atoms with Crippen LogP contribution in [0.4, 0.5) is 0 Å². The first-order valence-electron chi connectivity index (χ1n) is 7.62. The fourth-order valence-electron chi connectivity index (χ4n) is 2.86. The highest BCUT2D eigenvalue weighted by molar-refractivity contribution is 6.00. The second kappa shape index (κ2) is 7.18. The largest absolute Gasteiger partial charge is 0.496 e. The summed E-state index contributed by atoms with van der Waals surface area (Å²) in [5.41, 5.74) is 2.00. The van der Waals surface area contributed by atoms with Gasteiger partial charge in [-0.15, -0.1) is 0 Å². The zero-order valence-corrected chi connectivity index (χ0v) is 14.0. The SMILES string of the molecule is CCC/C(=C\c1c(C)c(OC)c2ccccc2c1OC)C(=O)O. The maximum atomic E-state index is 11.5. The second-order valence-corrected chi connectivity index (χ2v) is 5.38. The lowest BCUT2D eigenvalue weighted by Gasteiger charge is -2.17. The lowest BCUT2D eigenvalue weighted by atomic mass is 9.96. The van der Waals surface area contributed by atoms with E-state index >= 15 is 0 Å². The Hall–Kier alpha value is -2.49. The highest BCUT2D eigenvalue weighted by Gasteiger charge is 2.18. The summed E-state index contributed by atoms with van der Waals surface area (Å²) in [6, 6.07) is 7.80. The van der Waals surface area contributed by atoms with E-state index in [0.717, 1.165) is 34.1 Å². The summed E-state index contributed by atoms with van der Waals surface area (Å²) in [6.45, 7) is 3.88. The number of fused-ring (bicyclic) bond motifs is 1. The average Bonchev–Trinajstić information content (AvgIpc) is 2.54. The van der Waals surface area contributed by atoms with Crippen LogP contribution in [0.25, 0.3) is 16.8 Å². The Labute approximate surface area is 136 Å². The molecule has 122 valence electrons. The van der Waals surface area contributed by atoms with Gasteiger partial charge in [0.05, 0.1) is 14.2 Å². The first-order chi connectivity index (χ1) is 11.0. The van der Waals surface area contributed by atoms with Gasteiger partial charge in [0.15, 0.2) is 0 Å². The minimum absolute atomic E-state index is 0.367. The zero-order valence-electron chi connectivity index (χ0n) is 14.0. The van der Waals surface area contributed by atoms with Gasteiger partial charge in [0.2, 0.25) is 0 Å². The van der Waals surface area contributed by atoms with Gasteiger partial charge in [0, 0.05) is 27.5 Å². The number of aliphatic carboxylic acids is 1. The summed E-state index contributed by atoms with van der Waals surface area (Å²) >= 11 is 0. The van der Waals surface area contributed by atoms with Crippen molar-refractivity contribution in [3.05, 3.63) is 41.0 Å². The smallest absolute Gasteiger partial charge is 0.331 e. The average molecular weight is 314 g/mol. The predicted molar refractivity (Wildman–Crippen MR) is 92.3 cm³/mol. The molecule has 0 heterocycles. The lowest BCUT2D eigenvalue weighted by Crippen LogP contribution is -2.02. The summed E-state index contributed by atoms with van der Waals surface area (Å²) in [4.78, 5) is 11.5. The third-order valence-electron chi connectivity index (χ3n) is 3.93. The van der Waals surface area contributed by atoms with Crippen molar-refractivity contribution >= 4 is 22.8 Å². The second-order valence-electron chi connectivity index (χ2n) is 5.38. The first kappa shape index (κ1) is 16.9. The molecule has 0 amide bonds. The van der Waals surface area contributed by atoms with Crippen LogP contribution in [-0.4, -0.2) is 25.3 Å². The summed E-state index contributed by atoms with van der Waals surface area (Å²) in [5, 5.41) is 11.3. The molecule has 0 aliphatic heterocycles. The van der Waals surface area contributed by atoms with E-state index in [2.05, 4.69) is 0 Å². The Bertz CT molecular complexity index is 760. The third kappa shape index (κ3) is 3.16. The molecule has 0 spiro atoms. The van der Waals surface area contributed by atoms with Crippen LogP contribution in [0, 0.1) is 6.92 Å². The molecule has 2 aromatic rings. The van der Waals surface area contributed by atoms with E-state index in [1.807, 2.05) is 38.1 Å². The zero-order chi connectivity index (χ0) is 17.0. The number of hydrogen-bond acceptors (Lipinski definition) is 3. The Morgan fingerprint density at radius 2 is 1.70 bits per heavy atom. The van der Waals surface area contributed by atoms with Crippen molar-refractivity contribution in [3.63, 3.8) is 0 Å². The van der Waals surface area contributed by atoms with Crippen molar-refractivity contribution in [3.8, 4) is 11.5 Å². The van der Waals surface area contributed by atoms with Crippen LogP contribution in [-0.2, 0) is 4.79 Å². The van der Waals surface area contributed by atoms with E-state index in [4.69, 9.17) is 9.47 Å². The minimum atomic E-state index is -0.902. The molecule has 0 aliphatic carbocycles. The van der Waals surface area contributed by atoms with Crippen LogP contribution >= 0.6 is 0 Å². The molecular formula is C19H22O4. The van der Waals surface area contributed by atoms with Gasteiger partial charge in [-0.3, -0.25) is 0 Å². The summed E-state index contributed by atoms with van der Waals surface area (Å²) in [6.07, 6.45) is 2.98. The molecule has 0 aliphatic rings. The number of ether oxygens (including phenoxy) is 2. The molecule has 0 saturated carbocycles. The molecular weight excluding hydrogens is 292 g/mol. The lowest BCUT2D eigenvalue weighted by molar-refractivity contribution is -0.132. The summed E-state index contributed by atoms with van der Waals surface area (Å²) in [5.74, 6) is 0.517. The Morgan fingerprint density at radius 3 is 2.17 bits per heavy atom. The predicted octanol–water partition coefficient (Wildman–Crippen LogP) is 4.43. The molecule has 4 nitrogen and oxygen atoms in total. The monoisotopic (exact) mass is 314 g/mol. The van der Waals surface area contributed by atoms with Gasteiger partial charge in [-0.25, -0.2) is 4.79 Å². The molecule has 0 radical (unpaired) electrons. The number of carboxylic acid groups (broad SMARTS) is 1. The van der Waals surface area contributed by atoms with Gasteiger partial charge >= 0.3 is 5.97 Å². The van der Waals surface area contributed by atoms with Gasteiger partial charge in [0.1, 0.15) is 11.5 Å². The van der Waals surface area contributed by atoms with Gasteiger partial charge in [-0.05, 0) is 19.4 Å². The summed E-state index contributed by atoms with van der Waals surface area (Å²) in [7, 11) is 3.23. The Balaban J connectivity index is 2.84. The van der Waals surface area contributed by atoms with Crippen molar-refractivity contribution in [1.29, 1.82) is 0 Å². The first-order valence-corrected chi connectivity index (χ1v) is 7.62. The molecule has 0 unspecified atom stereocenters. The number of carbonyl (C=O) groups is 1. The van der Waals surface area contributed by atoms with E-state index in [9.17, 15) is 9.90 Å². The number of carboxylic acids is 1. The maximum Gasteiger partial charge on any atom is 0.331 e. The van der Waals surface area contributed by atoms with Gasteiger partial charge in [-0.1, -0.05) is 37.6 Å². The Morgan fingerprint density at radius 1 is 1.13 bits per heavy atom. The van der Waals surface area contributed by atoms with Crippen LogP contribution in [0.1, 0.15) is 30.9 Å². The fourth-order valence-corrected chi connectivity index (χ4v) is 2.86. The molecule has 0 aromatic heterocycles. The standard InChI is InChI=1S/C19H22O4/c1-5-8-13(19(20)21)11-16-12(2)17(22-3)14-9-6-7-10-15(14)18(16)23-4/h6-7,9-11H,5,8H2,1-4H3,(H,20,21)/b13-11+. The van der Waals surface area contributed by atoms with Gasteiger partial charge < -0.3 is 14.6 Å². The number of hydrogen-bond donors (Lipinski definition) is 1. The van der Waals surface area contributed by atoms with E-state index < -0.39 is 5.97 Å². The van der Waals surface area contributed by atoms with Crippen molar-refractivity contribution in [2.45, 2.75) is 26.7 Å². The van der Waals surface area contributed by atoms with Crippen LogP contribution in [0.2, 0.25) is 0 Å². The van der Waals surface area contributed by atoms with Crippen LogP contribution in [0.3, 0.4) is 0 Å². The number of rotatable bonds is 6. The molecule has 0 fully saturated rings. The van der Waals surface area contributed by atoms with E-state index in [1.54, 1.807) is 20.3 Å². The quantitative estimate of drug-likeness (QED) is 0.801. The molecule has 23 heavy (non-hydrogen) atoms. The van der Waals surface area contributed by atoms with Crippen LogP contribution in [0.5, 0.6) is 11.5 Å². The highest BCUT2D eigenvalue weighted by Crippen LogP contribution is 2.41. The number of methoxy groups -OCH3 is 2. The molecule has 2 rings (SSSR count). The van der Waals surface area contributed by atoms with E-state index in [0.29, 0.717) is 17.7 Å². The van der Waals surface area contributed by atoms with E-state index in [-0.39, 0.29) is 0 Å². The number of benzene rings is 2. The topological polar surface area (TPSA) is 55.8 Å². The fraction of sp³-hybridized carbons (Fsp3) is 0.316. The van der Waals surface area contributed by atoms with Gasteiger partial charge in [0.25, 0.3) is 0 Å². The van der Waals surface area contributed by atoms with Crippen LogP contribution in [0.15, 0.2) is 29.8 Å². The Kier molecular flexibility index (Phi) is 5.27. The molecule has 0 bridgehead atoms. The third-order valence-corrected chi connectivity index (χ3v) is 3.93. The van der Waals surface area contributed by atoms with Crippen molar-refractivity contribution in [2.24, 2.45) is 0 Å². The molecule has 2 aromatic carbocycles. The van der Waals surface area contributed by atoms with Crippen molar-refractivity contribution in [2.75, 3.05) is 14.2 Å². The van der Waals surface area contributed by atoms with Crippen LogP contribution < -0.4 is 9.47 Å². The highest BCUT2D eigenvalue weighted by atomic mass is 16.5. The minimum Gasteiger partial charge on any atom is -0.496 e. The molecule has 1 N–H and O–H groups in total. The molecule has 4 heteroatoms. The normalized spacial score (nSPS) is 11.6. The maximum absolute atomic E-state index is 11.5. The summed E-state index contributed by atoms with van der Waals surface area (Å²) < 4.78 is 11.2.